The number of aromatic nitrogens is 2. The summed E-state index contributed by atoms with van der Waals surface area (Å²) in [4.78, 5) is 12.5. The Morgan fingerprint density at radius 2 is 2.21 bits per heavy atom. The van der Waals surface area contributed by atoms with Gasteiger partial charge in [-0.25, -0.2) is 0 Å². The van der Waals surface area contributed by atoms with Gasteiger partial charge in [-0.2, -0.15) is 5.10 Å². The van der Waals surface area contributed by atoms with E-state index in [0.717, 1.165) is 12.1 Å². The van der Waals surface area contributed by atoms with E-state index in [9.17, 15) is 4.79 Å². The van der Waals surface area contributed by atoms with Crippen molar-refractivity contribution in [3.05, 3.63) is 18.0 Å². The van der Waals surface area contributed by atoms with E-state index in [-0.39, 0.29) is 11.3 Å². The van der Waals surface area contributed by atoms with Gasteiger partial charge in [0, 0.05) is 18.2 Å². The number of carbonyl (C=O) groups is 1. The van der Waals surface area contributed by atoms with Crippen LogP contribution in [0.5, 0.6) is 0 Å². The van der Waals surface area contributed by atoms with E-state index in [1.807, 2.05) is 16.9 Å². The topological polar surface area (TPSA) is 34.9 Å². The third kappa shape index (κ3) is 3.26. The molecule has 0 aromatic carbocycles. The maximum atomic E-state index is 12.5. The SMILES string of the molecule is CC(C)n1ccc(CC(=O)C2CCCCC2(C)C)n1. The Balaban J connectivity index is 2.03. The molecule has 0 radical (unpaired) electrons. The highest BCUT2D eigenvalue weighted by Gasteiger charge is 2.36. The third-order valence-electron chi connectivity index (χ3n) is 4.44. The Bertz CT molecular complexity index is 445. The number of Topliss-reactive ketones (excluding diaryl/α,β-unsaturated/α-hetero) is 1. The molecular formula is C16H26N2O. The molecule has 1 saturated carbocycles. The summed E-state index contributed by atoms with van der Waals surface area (Å²) in [5, 5.41) is 4.49. The van der Waals surface area contributed by atoms with Gasteiger partial charge in [-0.1, -0.05) is 26.7 Å². The highest BCUT2D eigenvalue weighted by molar-refractivity contribution is 5.83. The summed E-state index contributed by atoms with van der Waals surface area (Å²) in [6.07, 6.45) is 7.15. The zero-order valence-corrected chi connectivity index (χ0v) is 12.6. The van der Waals surface area contributed by atoms with Crippen LogP contribution in [0.4, 0.5) is 0 Å². The number of hydrogen-bond donors (Lipinski definition) is 0. The van der Waals surface area contributed by atoms with Crippen LogP contribution in [-0.2, 0) is 11.2 Å². The van der Waals surface area contributed by atoms with Crippen molar-refractivity contribution in [3.63, 3.8) is 0 Å². The van der Waals surface area contributed by atoms with Gasteiger partial charge >= 0.3 is 0 Å². The predicted octanol–water partition coefficient (Wildman–Crippen LogP) is 3.79. The average molecular weight is 262 g/mol. The van der Waals surface area contributed by atoms with Crippen molar-refractivity contribution in [1.82, 2.24) is 9.78 Å². The average Bonchev–Trinajstić information content (AvgIpc) is 2.76. The molecule has 0 amide bonds. The number of carbonyl (C=O) groups excluding carboxylic acids is 1. The first-order valence-corrected chi connectivity index (χ1v) is 7.47. The predicted molar refractivity (Wildman–Crippen MR) is 77.1 cm³/mol. The van der Waals surface area contributed by atoms with Gasteiger partial charge in [-0.05, 0) is 38.2 Å². The minimum atomic E-state index is 0.163. The second-order valence-corrected chi connectivity index (χ2v) is 6.81. The number of rotatable bonds is 4. The quantitative estimate of drug-likeness (QED) is 0.827. The molecule has 1 fully saturated rings. The monoisotopic (exact) mass is 262 g/mol. The van der Waals surface area contributed by atoms with Crippen LogP contribution in [0.3, 0.4) is 0 Å². The molecule has 1 aromatic heterocycles. The highest BCUT2D eigenvalue weighted by atomic mass is 16.1. The van der Waals surface area contributed by atoms with Crippen LogP contribution in [0.25, 0.3) is 0 Å². The molecule has 3 heteroatoms. The van der Waals surface area contributed by atoms with Crippen molar-refractivity contribution in [3.8, 4) is 0 Å². The fraction of sp³-hybridized carbons (Fsp3) is 0.750. The Morgan fingerprint density at radius 3 is 2.79 bits per heavy atom. The second-order valence-electron chi connectivity index (χ2n) is 6.81. The Morgan fingerprint density at radius 1 is 1.47 bits per heavy atom. The van der Waals surface area contributed by atoms with Gasteiger partial charge in [0.2, 0.25) is 0 Å². The zero-order chi connectivity index (χ0) is 14.0. The van der Waals surface area contributed by atoms with E-state index in [2.05, 4.69) is 32.8 Å². The van der Waals surface area contributed by atoms with Crippen molar-refractivity contribution in [2.75, 3.05) is 0 Å². The van der Waals surface area contributed by atoms with E-state index in [1.54, 1.807) is 0 Å². The molecular weight excluding hydrogens is 236 g/mol. The molecule has 19 heavy (non-hydrogen) atoms. The van der Waals surface area contributed by atoms with E-state index in [1.165, 1.54) is 19.3 Å². The number of hydrogen-bond acceptors (Lipinski definition) is 2. The highest BCUT2D eigenvalue weighted by Crippen LogP contribution is 2.41. The normalized spacial score (nSPS) is 22.7. The second kappa shape index (κ2) is 5.48. The standard InChI is InChI=1S/C16H26N2O/c1-12(2)18-10-8-13(17-18)11-15(19)14-7-5-6-9-16(14,3)4/h8,10,12,14H,5-7,9,11H2,1-4H3. The van der Waals surface area contributed by atoms with Gasteiger partial charge in [0.25, 0.3) is 0 Å². The van der Waals surface area contributed by atoms with E-state index in [0.29, 0.717) is 18.2 Å². The summed E-state index contributed by atoms with van der Waals surface area (Å²) < 4.78 is 1.93. The van der Waals surface area contributed by atoms with Crippen molar-refractivity contribution in [1.29, 1.82) is 0 Å². The van der Waals surface area contributed by atoms with Crippen molar-refractivity contribution in [2.45, 2.75) is 65.8 Å². The lowest BCUT2D eigenvalue weighted by molar-refractivity contribution is -0.127. The van der Waals surface area contributed by atoms with Gasteiger partial charge in [0.05, 0.1) is 12.1 Å². The molecule has 1 aliphatic rings. The van der Waals surface area contributed by atoms with E-state index >= 15 is 0 Å². The lowest BCUT2D eigenvalue weighted by Gasteiger charge is -2.37. The first kappa shape index (κ1) is 14.3. The number of ketones is 1. The lowest BCUT2D eigenvalue weighted by Crippen LogP contribution is -2.35. The van der Waals surface area contributed by atoms with Crippen molar-refractivity contribution >= 4 is 5.78 Å². The van der Waals surface area contributed by atoms with Gasteiger partial charge in [0.15, 0.2) is 0 Å². The molecule has 0 aliphatic heterocycles. The first-order valence-electron chi connectivity index (χ1n) is 7.47. The summed E-state index contributed by atoms with van der Waals surface area (Å²) in [6.45, 7) is 8.68. The van der Waals surface area contributed by atoms with Crippen LogP contribution < -0.4 is 0 Å². The first-order chi connectivity index (χ1) is 8.90. The summed E-state index contributed by atoms with van der Waals surface area (Å²) in [5.74, 6) is 0.587. The molecule has 1 aromatic rings. The molecule has 1 heterocycles. The number of nitrogens with zero attached hydrogens (tertiary/aromatic N) is 2. The third-order valence-corrected chi connectivity index (χ3v) is 4.44. The van der Waals surface area contributed by atoms with Gasteiger partial charge in [-0.15, -0.1) is 0 Å². The Hall–Kier alpha value is -1.12. The molecule has 3 nitrogen and oxygen atoms in total. The molecule has 1 unspecified atom stereocenters. The molecule has 0 N–H and O–H groups in total. The van der Waals surface area contributed by atoms with Crippen LogP contribution >= 0.6 is 0 Å². The maximum Gasteiger partial charge on any atom is 0.142 e. The summed E-state index contributed by atoms with van der Waals surface area (Å²) in [7, 11) is 0. The van der Waals surface area contributed by atoms with Crippen molar-refractivity contribution < 1.29 is 4.79 Å². The van der Waals surface area contributed by atoms with Crippen LogP contribution in [0, 0.1) is 11.3 Å². The summed E-state index contributed by atoms with van der Waals surface area (Å²) in [6, 6.07) is 2.34. The molecule has 1 aliphatic carbocycles. The Labute approximate surface area is 116 Å². The minimum Gasteiger partial charge on any atom is -0.299 e. The zero-order valence-electron chi connectivity index (χ0n) is 12.6. The molecule has 0 spiro atoms. The molecule has 1 atom stereocenters. The van der Waals surface area contributed by atoms with Gasteiger partial charge in [-0.3, -0.25) is 9.48 Å². The van der Waals surface area contributed by atoms with Gasteiger partial charge < -0.3 is 0 Å². The lowest BCUT2D eigenvalue weighted by atomic mass is 9.66. The van der Waals surface area contributed by atoms with E-state index in [4.69, 9.17) is 0 Å². The summed E-state index contributed by atoms with van der Waals surface area (Å²) >= 11 is 0. The molecule has 0 saturated heterocycles. The fourth-order valence-electron chi connectivity index (χ4n) is 3.15. The van der Waals surface area contributed by atoms with Crippen LogP contribution in [-0.4, -0.2) is 15.6 Å². The summed E-state index contributed by atoms with van der Waals surface area (Å²) in [5.41, 5.74) is 1.08. The molecule has 0 bridgehead atoms. The maximum absolute atomic E-state index is 12.5. The van der Waals surface area contributed by atoms with Crippen molar-refractivity contribution in [2.24, 2.45) is 11.3 Å². The molecule has 106 valence electrons. The van der Waals surface area contributed by atoms with Gasteiger partial charge in [0.1, 0.15) is 5.78 Å². The minimum absolute atomic E-state index is 0.163. The van der Waals surface area contributed by atoms with Crippen LogP contribution in [0.1, 0.15) is 65.1 Å². The van der Waals surface area contributed by atoms with E-state index < -0.39 is 0 Å². The van der Waals surface area contributed by atoms with Crippen LogP contribution in [0.15, 0.2) is 12.3 Å². The van der Waals surface area contributed by atoms with Crippen LogP contribution in [0.2, 0.25) is 0 Å². The smallest absolute Gasteiger partial charge is 0.142 e. The fourth-order valence-corrected chi connectivity index (χ4v) is 3.15. The largest absolute Gasteiger partial charge is 0.299 e. The Kier molecular flexibility index (Phi) is 4.12. The molecule has 2 rings (SSSR count).